The molecule has 0 saturated carbocycles. The fourth-order valence-electron chi connectivity index (χ4n) is 3.73. The minimum absolute atomic E-state index is 0.583. The van der Waals surface area contributed by atoms with Crippen LogP contribution in [0, 0.1) is 0 Å². The van der Waals surface area contributed by atoms with Crippen molar-refractivity contribution in [3.63, 3.8) is 0 Å². The topological polar surface area (TPSA) is 65.7 Å². The van der Waals surface area contributed by atoms with Gasteiger partial charge in [0.05, 0.1) is 11.0 Å². The third kappa shape index (κ3) is 1.47. The Morgan fingerprint density at radius 3 is 1.46 bits per heavy atom. The molecule has 0 spiro atoms. The molecule has 0 aliphatic rings. The molecule has 2 heterocycles. The van der Waals surface area contributed by atoms with Crippen LogP contribution in [0.2, 0.25) is 0 Å². The highest BCUT2D eigenvalue weighted by Gasteiger charge is 2.20. The molecule has 2 aromatic heterocycles. The van der Waals surface area contributed by atoms with Gasteiger partial charge in [0.15, 0.2) is 12.6 Å². The smallest absolute Gasteiger partial charge is 0.152 e. The molecule has 24 heavy (non-hydrogen) atoms. The lowest BCUT2D eigenvalue weighted by Crippen LogP contribution is -1.91. The van der Waals surface area contributed by atoms with Gasteiger partial charge < -0.3 is 9.97 Å². The molecule has 114 valence electrons. The average Bonchev–Trinajstić information content (AvgIpc) is 3.18. The second kappa shape index (κ2) is 4.55. The monoisotopic (exact) mass is 312 g/mol. The van der Waals surface area contributed by atoms with E-state index < -0.39 is 0 Å². The fourth-order valence-corrected chi connectivity index (χ4v) is 3.73. The predicted octanol–water partition coefficient (Wildman–Crippen LogP) is 4.58. The van der Waals surface area contributed by atoms with Crippen molar-refractivity contribution in [1.29, 1.82) is 0 Å². The Bertz CT molecular complexity index is 1190. The number of nitrogens with one attached hydrogen (secondary N) is 2. The van der Waals surface area contributed by atoms with E-state index in [9.17, 15) is 9.59 Å². The first-order chi connectivity index (χ1) is 11.8. The van der Waals surface area contributed by atoms with Gasteiger partial charge in [0.2, 0.25) is 0 Å². The quantitative estimate of drug-likeness (QED) is 0.468. The molecule has 0 atom stereocenters. The summed E-state index contributed by atoms with van der Waals surface area (Å²) in [5, 5.41) is 3.47. The van der Waals surface area contributed by atoms with Crippen molar-refractivity contribution in [2.75, 3.05) is 0 Å². The van der Waals surface area contributed by atoms with Crippen LogP contribution in [0.4, 0.5) is 0 Å². The standard InChI is InChI=1S/C20H12N2O2/c23-9-13-17-11-5-1-3-7-15(11)21-19(17)14(10-24)18-12-6-2-4-8-16(12)22-20(13)18/h1-10,21-22H. The Morgan fingerprint density at radius 1 is 0.625 bits per heavy atom. The maximum Gasteiger partial charge on any atom is 0.152 e. The summed E-state index contributed by atoms with van der Waals surface area (Å²) in [6, 6.07) is 15.5. The van der Waals surface area contributed by atoms with Crippen LogP contribution in [0.1, 0.15) is 20.7 Å². The zero-order valence-electron chi connectivity index (χ0n) is 12.6. The van der Waals surface area contributed by atoms with Crippen molar-refractivity contribution >= 4 is 56.2 Å². The van der Waals surface area contributed by atoms with Crippen molar-refractivity contribution in [1.82, 2.24) is 9.97 Å². The number of benzene rings is 3. The lowest BCUT2D eigenvalue weighted by Gasteiger charge is -2.04. The van der Waals surface area contributed by atoms with Crippen LogP contribution in [-0.4, -0.2) is 22.5 Å². The molecule has 0 fully saturated rings. The normalized spacial score (nSPS) is 11.7. The third-order valence-corrected chi connectivity index (χ3v) is 4.73. The minimum Gasteiger partial charge on any atom is -0.354 e. The van der Waals surface area contributed by atoms with E-state index >= 15 is 0 Å². The Kier molecular flexibility index (Phi) is 2.48. The number of aldehydes is 2. The summed E-state index contributed by atoms with van der Waals surface area (Å²) in [4.78, 5) is 30.5. The van der Waals surface area contributed by atoms with Gasteiger partial charge in [-0.15, -0.1) is 0 Å². The molecule has 4 nitrogen and oxygen atoms in total. The van der Waals surface area contributed by atoms with Crippen LogP contribution >= 0.6 is 0 Å². The van der Waals surface area contributed by atoms with Crippen LogP contribution < -0.4 is 0 Å². The second-order valence-electron chi connectivity index (χ2n) is 5.90. The minimum atomic E-state index is 0.583. The van der Waals surface area contributed by atoms with Crippen LogP contribution in [-0.2, 0) is 0 Å². The molecular weight excluding hydrogens is 300 g/mol. The van der Waals surface area contributed by atoms with Gasteiger partial charge >= 0.3 is 0 Å². The summed E-state index contributed by atoms with van der Waals surface area (Å²) in [5.41, 5.74) is 4.42. The fraction of sp³-hybridized carbons (Fsp3) is 0. The molecule has 0 aliphatic heterocycles. The molecule has 0 amide bonds. The summed E-state index contributed by atoms with van der Waals surface area (Å²) in [6.45, 7) is 0. The van der Waals surface area contributed by atoms with E-state index in [1.807, 2.05) is 48.5 Å². The summed E-state index contributed by atoms with van der Waals surface area (Å²) in [7, 11) is 0. The maximum absolute atomic E-state index is 11.9. The lowest BCUT2D eigenvalue weighted by atomic mass is 9.98. The molecule has 0 radical (unpaired) electrons. The van der Waals surface area contributed by atoms with Gasteiger partial charge in [0, 0.05) is 43.7 Å². The van der Waals surface area contributed by atoms with Gasteiger partial charge in [-0.05, 0) is 12.1 Å². The van der Waals surface area contributed by atoms with Gasteiger partial charge in [-0.3, -0.25) is 9.59 Å². The summed E-state index contributed by atoms with van der Waals surface area (Å²) in [5.74, 6) is 0. The number of hydrogen-bond acceptors (Lipinski definition) is 2. The van der Waals surface area contributed by atoms with Crippen LogP contribution in [0.25, 0.3) is 43.6 Å². The summed E-state index contributed by atoms with van der Waals surface area (Å²) >= 11 is 0. The van der Waals surface area contributed by atoms with E-state index in [0.29, 0.717) is 22.2 Å². The molecule has 0 aliphatic carbocycles. The van der Waals surface area contributed by atoms with Gasteiger partial charge in [-0.25, -0.2) is 0 Å². The van der Waals surface area contributed by atoms with E-state index in [1.165, 1.54) is 0 Å². The number of fused-ring (bicyclic) bond motifs is 6. The maximum atomic E-state index is 11.9. The van der Waals surface area contributed by atoms with E-state index in [-0.39, 0.29) is 0 Å². The Labute approximate surface area is 136 Å². The lowest BCUT2D eigenvalue weighted by molar-refractivity contribution is 0.111. The number of rotatable bonds is 2. The van der Waals surface area contributed by atoms with Gasteiger partial charge in [-0.1, -0.05) is 36.4 Å². The molecule has 3 aromatic carbocycles. The Morgan fingerprint density at radius 2 is 1.04 bits per heavy atom. The zero-order chi connectivity index (χ0) is 16.3. The van der Waals surface area contributed by atoms with Gasteiger partial charge in [-0.2, -0.15) is 0 Å². The van der Waals surface area contributed by atoms with E-state index in [0.717, 1.165) is 45.2 Å². The molecule has 4 heteroatoms. The Hall–Kier alpha value is -3.40. The molecule has 0 saturated heterocycles. The predicted molar refractivity (Wildman–Crippen MR) is 95.9 cm³/mol. The van der Waals surface area contributed by atoms with E-state index in [1.54, 1.807) is 0 Å². The number of carbonyl (C=O) groups is 2. The van der Waals surface area contributed by atoms with Gasteiger partial charge in [0.1, 0.15) is 0 Å². The SMILES string of the molecule is O=Cc1c2[nH]c3ccccc3c2c(C=O)c2[nH]c3ccccc3c12. The number of para-hydroxylation sites is 2. The van der Waals surface area contributed by atoms with Crippen molar-refractivity contribution in [3.8, 4) is 0 Å². The first kappa shape index (κ1) is 13.1. The molecule has 2 N–H and O–H groups in total. The number of aromatic amines is 2. The first-order valence-corrected chi connectivity index (χ1v) is 7.70. The summed E-state index contributed by atoms with van der Waals surface area (Å²) < 4.78 is 0. The number of H-pyrrole nitrogens is 2. The largest absolute Gasteiger partial charge is 0.354 e. The average molecular weight is 312 g/mol. The van der Waals surface area contributed by atoms with Crippen LogP contribution in [0.15, 0.2) is 48.5 Å². The number of aromatic nitrogens is 2. The van der Waals surface area contributed by atoms with E-state index in [4.69, 9.17) is 0 Å². The number of hydrogen-bond donors (Lipinski definition) is 2. The van der Waals surface area contributed by atoms with Crippen LogP contribution in [0.3, 0.4) is 0 Å². The van der Waals surface area contributed by atoms with Crippen LogP contribution in [0.5, 0.6) is 0 Å². The first-order valence-electron chi connectivity index (χ1n) is 7.70. The highest BCUT2D eigenvalue weighted by atomic mass is 16.1. The zero-order valence-corrected chi connectivity index (χ0v) is 12.6. The van der Waals surface area contributed by atoms with Crippen molar-refractivity contribution < 1.29 is 9.59 Å². The second-order valence-corrected chi connectivity index (χ2v) is 5.90. The summed E-state index contributed by atoms with van der Waals surface area (Å²) in [6.07, 6.45) is 1.74. The molecule has 0 unspecified atom stereocenters. The number of carbonyl (C=O) groups excluding carboxylic acids is 2. The molecular formula is C20H12N2O2. The highest BCUT2D eigenvalue weighted by Crippen LogP contribution is 2.38. The molecule has 0 bridgehead atoms. The molecule has 5 rings (SSSR count). The van der Waals surface area contributed by atoms with E-state index in [2.05, 4.69) is 9.97 Å². The Balaban J connectivity index is 2.20. The van der Waals surface area contributed by atoms with Gasteiger partial charge in [0.25, 0.3) is 0 Å². The van der Waals surface area contributed by atoms with Crippen molar-refractivity contribution in [3.05, 3.63) is 59.7 Å². The molecule has 5 aromatic rings. The third-order valence-electron chi connectivity index (χ3n) is 4.73. The van der Waals surface area contributed by atoms with Crippen molar-refractivity contribution in [2.24, 2.45) is 0 Å². The highest BCUT2D eigenvalue weighted by molar-refractivity contribution is 6.30. The van der Waals surface area contributed by atoms with Crippen molar-refractivity contribution in [2.45, 2.75) is 0 Å².